The molecule has 0 amide bonds. The van der Waals surface area contributed by atoms with Crippen molar-refractivity contribution in [2.75, 3.05) is 13.6 Å². The van der Waals surface area contributed by atoms with E-state index in [0.29, 0.717) is 0 Å². The maximum absolute atomic E-state index is 8.61. The van der Waals surface area contributed by atoms with Crippen molar-refractivity contribution >= 4 is 39.5 Å². The van der Waals surface area contributed by atoms with E-state index in [0.717, 1.165) is 38.1 Å². The molecule has 3 aromatic rings. The van der Waals surface area contributed by atoms with E-state index >= 15 is 0 Å². The number of hydrogen-bond acceptors (Lipinski definition) is 3. The van der Waals surface area contributed by atoms with Crippen LogP contribution in [0.4, 0.5) is 0 Å². The van der Waals surface area contributed by atoms with Gasteiger partial charge in [0.15, 0.2) is 0 Å². The summed E-state index contributed by atoms with van der Waals surface area (Å²) in [5.74, 6) is 0.241. The first-order valence-corrected chi connectivity index (χ1v) is 10.3. The van der Waals surface area contributed by atoms with Gasteiger partial charge < -0.3 is 10.3 Å². The van der Waals surface area contributed by atoms with Gasteiger partial charge in [0.05, 0.1) is 0 Å². The quantitative estimate of drug-likeness (QED) is 0.395. The lowest BCUT2D eigenvalue weighted by atomic mass is 9.94. The summed E-state index contributed by atoms with van der Waals surface area (Å²) in [5.41, 5.74) is 2.23. The van der Waals surface area contributed by atoms with Gasteiger partial charge in [-0.1, -0.05) is 61.9 Å². The fourth-order valence-corrected chi connectivity index (χ4v) is 4.66. The third-order valence-corrected chi connectivity index (χ3v) is 6.05. The van der Waals surface area contributed by atoms with Gasteiger partial charge in [-0.05, 0) is 49.5 Å². The Morgan fingerprint density at radius 1 is 1.07 bits per heavy atom. The Balaban J connectivity index is 0.00000261. The summed E-state index contributed by atoms with van der Waals surface area (Å²) in [5, 5.41) is 9.92. The van der Waals surface area contributed by atoms with E-state index in [2.05, 4.69) is 79.5 Å². The molecular weight excluding hydrogens is 372 g/mol. The standard InChI is InChI=1S/C23H28N2S.ClH/c1-3-9-21(24)20(23-16-19-12-7-8-13-22(19)26-23)14-15-25(2)17-18-10-5-4-6-11-18;/h4-8,10-13,16,20,24H,3,9,14-15,17H2,1-2H3;1H. The number of thiophene rings is 1. The summed E-state index contributed by atoms with van der Waals surface area (Å²) < 4.78 is 1.33. The van der Waals surface area contributed by atoms with Crippen molar-refractivity contribution in [3.8, 4) is 0 Å². The van der Waals surface area contributed by atoms with E-state index in [4.69, 9.17) is 5.41 Å². The van der Waals surface area contributed by atoms with Gasteiger partial charge in [-0.15, -0.1) is 23.7 Å². The second-order valence-corrected chi connectivity index (χ2v) is 8.14. The molecule has 144 valence electrons. The van der Waals surface area contributed by atoms with Crippen molar-refractivity contribution in [1.29, 1.82) is 5.41 Å². The van der Waals surface area contributed by atoms with Crippen LogP contribution in [-0.2, 0) is 6.54 Å². The zero-order chi connectivity index (χ0) is 18.4. The molecule has 0 saturated heterocycles. The highest BCUT2D eigenvalue weighted by atomic mass is 35.5. The van der Waals surface area contributed by atoms with E-state index in [-0.39, 0.29) is 18.3 Å². The van der Waals surface area contributed by atoms with Crippen LogP contribution in [0.15, 0.2) is 60.7 Å². The van der Waals surface area contributed by atoms with E-state index in [1.807, 2.05) is 11.3 Å². The molecule has 27 heavy (non-hydrogen) atoms. The summed E-state index contributed by atoms with van der Waals surface area (Å²) in [4.78, 5) is 3.72. The number of nitrogens with zero attached hydrogens (tertiary/aromatic N) is 1. The zero-order valence-electron chi connectivity index (χ0n) is 16.2. The van der Waals surface area contributed by atoms with Gasteiger partial charge in [0.25, 0.3) is 0 Å². The molecule has 0 bridgehead atoms. The molecule has 0 saturated carbocycles. The number of benzene rings is 2. The molecule has 0 radical (unpaired) electrons. The molecule has 1 atom stereocenters. The van der Waals surface area contributed by atoms with Crippen molar-refractivity contribution in [3.63, 3.8) is 0 Å². The minimum atomic E-state index is 0. The van der Waals surface area contributed by atoms with Gasteiger partial charge in [-0.2, -0.15) is 0 Å². The third-order valence-electron chi connectivity index (χ3n) is 4.82. The molecule has 0 aliphatic carbocycles. The fraction of sp³-hybridized carbons (Fsp3) is 0.348. The van der Waals surface area contributed by atoms with Crippen LogP contribution in [0, 0.1) is 5.41 Å². The maximum Gasteiger partial charge on any atom is 0.0345 e. The van der Waals surface area contributed by atoms with Crippen LogP contribution in [0.1, 0.15) is 42.5 Å². The van der Waals surface area contributed by atoms with E-state index < -0.39 is 0 Å². The van der Waals surface area contributed by atoms with Gasteiger partial charge in [0.2, 0.25) is 0 Å². The average molecular weight is 401 g/mol. The molecule has 2 nitrogen and oxygen atoms in total. The van der Waals surface area contributed by atoms with Crippen molar-refractivity contribution in [3.05, 3.63) is 71.1 Å². The van der Waals surface area contributed by atoms with Gasteiger partial charge in [-0.3, -0.25) is 0 Å². The normalized spacial score (nSPS) is 12.1. The Kier molecular flexibility index (Phi) is 8.49. The summed E-state index contributed by atoms with van der Waals surface area (Å²) in [7, 11) is 2.18. The molecule has 1 unspecified atom stereocenters. The summed E-state index contributed by atoms with van der Waals surface area (Å²) in [6.45, 7) is 4.12. The minimum Gasteiger partial charge on any atom is -0.309 e. The predicted octanol–water partition coefficient (Wildman–Crippen LogP) is 6.75. The second-order valence-electron chi connectivity index (χ2n) is 7.03. The van der Waals surface area contributed by atoms with Gasteiger partial charge in [-0.25, -0.2) is 0 Å². The van der Waals surface area contributed by atoms with Gasteiger partial charge in [0.1, 0.15) is 0 Å². The Morgan fingerprint density at radius 2 is 1.78 bits per heavy atom. The number of rotatable bonds is 9. The molecule has 1 heterocycles. The first kappa shape index (κ1) is 21.6. The van der Waals surface area contributed by atoms with Crippen LogP contribution in [0.2, 0.25) is 0 Å². The second kappa shape index (κ2) is 10.6. The predicted molar refractivity (Wildman–Crippen MR) is 122 cm³/mol. The molecule has 0 fully saturated rings. The maximum atomic E-state index is 8.61. The van der Waals surface area contributed by atoms with Crippen LogP contribution < -0.4 is 0 Å². The van der Waals surface area contributed by atoms with Crippen molar-refractivity contribution < 1.29 is 0 Å². The lowest BCUT2D eigenvalue weighted by molar-refractivity contribution is 0.319. The van der Waals surface area contributed by atoms with Crippen LogP contribution >= 0.6 is 23.7 Å². The first-order chi connectivity index (χ1) is 12.7. The SMILES string of the molecule is CCCC(=N)C(CCN(C)Cc1ccccc1)c1cc2ccccc2s1.Cl. The topological polar surface area (TPSA) is 27.1 Å². The fourth-order valence-electron chi connectivity index (χ4n) is 3.43. The molecule has 0 aliphatic heterocycles. The highest BCUT2D eigenvalue weighted by Crippen LogP contribution is 2.34. The molecule has 1 aromatic heterocycles. The zero-order valence-corrected chi connectivity index (χ0v) is 17.8. The van der Waals surface area contributed by atoms with Crippen LogP contribution in [0.25, 0.3) is 10.1 Å². The monoisotopic (exact) mass is 400 g/mol. The Hall–Kier alpha value is -1.68. The lowest BCUT2D eigenvalue weighted by Gasteiger charge is -2.22. The Morgan fingerprint density at radius 3 is 2.48 bits per heavy atom. The van der Waals surface area contributed by atoms with Crippen molar-refractivity contribution in [2.24, 2.45) is 0 Å². The largest absolute Gasteiger partial charge is 0.309 e. The lowest BCUT2D eigenvalue weighted by Crippen LogP contribution is -2.23. The molecular formula is C23H29ClN2S. The van der Waals surface area contributed by atoms with Crippen molar-refractivity contribution in [2.45, 2.75) is 38.6 Å². The summed E-state index contributed by atoms with van der Waals surface area (Å²) >= 11 is 1.86. The first-order valence-electron chi connectivity index (χ1n) is 9.45. The molecule has 2 aromatic carbocycles. The summed E-state index contributed by atoms with van der Waals surface area (Å²) in [6, 6.07) is 21.5. The Bertz CT molecular complexity index is 811. The molecule has 0 aliphatic rings. The van der Waals surface area contributed by atoms with E-state index in [1.54, 1.807) is 0 Å². The van der Waals surface area contributed by atoms with Crippen LogP contribution in [-0.4, -0.2) is 24.2 Å². The number of halogens is 1. The molecule has 4 heteroatoms. The smallest absolute Gasteiger partial charge is 0.0345 e. The molecule has 0 spiro atoms. The van der Waals surface area contributed by atoms with E-state index in [1.165, 1.54) is 20.5 Å². The van der Waals surface area contributed by atoms with Gasteiger partial charge in [0, 0.05) is 27.8 Å². The highest BCUT2D eigenvalue weighted by Gasteiger charge is 2.19. The summed E-state index contributed by atoms with van der Waals surface area (Å²) in [6.07, 6.45) is 2.94. The van der Waals surface area contributed by atoms with Crippen LogP contribution in [0.5, 0.6) is 0 Å². The number of hydrogen-bond donors (Lipinski definition) is 1. The molecule has 3 rings (SSSR count). The molecule has 1 N–H and O–H groups in total. The number of fused-ring (bicyclic) bond motifs is 1. The van der Waals surface area contributed by atoms with Crippen molar-refractivity contribution in [1.82, 2.24) is 4.90 Å². The minimum absolute atomic E-state index is 0. The average Bonchev–Trinajstić information content (AvgIpc) is 3.06. The Labute approximate surface area is 173 Å². The van der Waals surface area contributed by atoms with Crippen LogP contribution in [0.3, 0.4) is 0 Å². The third kappa shape index (κ3) is 5.90. The van der Waals surface area contributed by atoms with Gasteiger partial charge >= 0.3 is 0 Å². The highest BCUT2D eigenvalue weighted by molar-refractivity contribution is 7.19. The van der Waals surface area contributed by atoms with E-state index in [9.17, 15) is 0 Å². The number of nitrogens with one attached hydrogen (secondary N) is 1.